The molecular formula is C24H26F4N2OS. The highest BCUT2D eigenvalue weighted by molar-refractivity contribution is 7.97. The summed E-state index contributed by atoms with van der Waals surface area (Å²) in [4.78, 5) is 14.1. The van der Waals surface area contributed by atoms with Crippen molar-refractivity contribution in [3.8, 4) is 11.1 Å². The number of benzene rings is 2. The molecule has 1 N–H and O–H groups in total. The summed E-state index contributed by atoms with van der Waals surface area (Å²) in [6.07, 6.45) is -0.989. The molecule has 1 aliphatic carbocycles. The average Bonchev–Trinajstić information content (AvgIpc) is 3.01. The molecule has 2 aromatic rings. The van der Waals surface area contributed by atoms with Crippen molar-refractivity contribution in [3.05, 3.63) is 59.9 Å². The molecule has 1 amide bonds. The third kappa shape index (κ3) is 4.53. The zero-order chi connectivity index (χ0) is 22.9. The molecule has 0 radical (unpaired) electrons. The molecule has 2 aromatic carbocycles. The van der Waals surface area contributed by atoms with E-state index in [9.17, 15) is 18.0 Å². The second kappa shape index (κ2) is 9.43. The topological polar surface area (TPSA) is 32.3 Å². The molecule has 0 spiro atoms. The van der Waals surface area contributed by atoms with Gasteiger partial charge in [-0.05, 0) is 30.4 Å². The maximum Gasteiger partial charge on any atom is 0.283 e. The van der Waals surface area contributed by atoms with Gasteiger partial charge in [0.25, 0.3) is 5.92 Å². The Morgan fingerprint density at radius 3 is 2.53 bits per heavy atom. The molecule has 1 heterocycles. The number of carbonyl (C=O) groups is 1. The van der Waals surface area contributed by atoms with Crippen LogP contribution in [0.15, 0.2) is 48.5 Å². The summed E-state index contributed by atoms with van der Waals surface area (Å²) in [5.41, 5.74) is 1.35. The van der Waals surface area contributed by atoms with Crippen LogP contribution in [0, 0.1) is 11.7 Å². The molecule has 2 fully saturated rings. The lowest BCUT2D eigenvalue weighted by Gasteiger charge is -2.35. The molecule has 0 aromatic heterocycles. The monoisotopic (exact) mass is 466 g/mol. The van der Waals surface area contributed by atoms with Gasteiger partial charge in [-0.1, -0.05) is 67.4 Å². The van der Waals surface area contributed by atoms with Gasteiger partial charge in [-0.15, -0.1) is 0 Å². The predicted molar refractivity (Wildman–Crippen MR) is 119 cm³/mol. The lowest BCUT2D eigenvalue weighted by Crippen LogP contribution is -2.50. The van der Waals surface area contributed by atoms with Gasteiger partial charge < -0.3 is 4.90 Å². The first-order valence-corrected chi connectivity index (χ1v) is 11.8. The van der Waals surface area contributed by atoms with Crippen molar-refractivity contribution in [2.24, 2.45) is 5.92 Å². The number of nitrogens with zero attached hydrogens (tertiary/aromatic N) is 1. The summed E-state index contributed by atoms with van der Waals surface area (Å²) in [7, 11) is 0. The Balaban J connectivity index is 1.65. The Kier molecular flexibility index (Phi) is 6.81. The molecule has 2 atom stereocenters. The Morgan fingerprint density at radius 1 is 1.16 bits per heavy atom. The van der Waals surface area contributed by atoms with Gasteiger partial charge >= 0.3 is 0 Å². The van der Waals surface area contributed by atoms with Crippen LogP contribution in [0.4, 0.5) is 17.6 Å². The van der Waals surface area contributed by atoms with Crippen LogP contribution < -0.4 is 4.72 Å². The van der Waals surface area contributed by atoms with Crippen molar-refractivity contribution in [2.75, 3.05) is 12.3 Å². The van der Waals surface area contributed by atoms with Crippen LogP contribution >= 0.6 is 11.9 Å². The quantitative estimate of drug-likeness (QED) is 0.447. The van der Waals surface area contributed by atoms with Gasteiger partial charge in [0.15, 0.2) is 0 Å². The van der Waals surface area contributed by atoms with E-state index < -0.39 is 48.4 Å². The second-order valence-electron chi connectivity index (χ2n) is 8.44. The lowest BCUT2D eigenvalue weighted by atomic mass is 9.82. The van der Waals surface area contributed by atoms with E-state index in [1.165, 1.54) is 0 Å². The fourth-order valence-corrected chi connectivity index (χ4v) is 5.18. The highest BCUT2D eigenvalue weighted by Crippen LogP contribution is 2.40. The first kappa shape index (κ1) is 23.1. The molecule has 8 heteroatoms. The highest BCUT2D eigenvalue weighted by atomic mass is 32.2. The normalized spacial score (nSPS) is 26.7. The Morgan fingerprint density at radius 2 is 1.88 bits per heavy atom. The minimum absolute atomic E-state index is 0.0540. The molecule has 172 valence electrons. The summed E-state index contributed by atoms with van der Waals surface area (Å²) in [5.74, 6) is -4.13. The van der Waals surface area contributed by atoms with E-state index in [0.717, 1.165) is 16.8 Å². The van der Waals surface area contributed by atoms with Gasteiger partial charge in [0.2, 0.25) is 5.91 Å². The van der Waals surface area contributed by atoms with E-state index in [2.05, 4.69) is 4.72 Å². The standard InChI is InChI=1S/C24H26F4N2OS/c1-2-32-29-22-20(30(14-24(22,27)28)23(31)17-11-18(25)12-17)13-16-9-6-10-19(21(16)26)15-7-4-3-5-8-15/h3-10,17-18,20,22,29H,2,11-14H2,1H3/t17-,18-,20-,22+/m0/s1. The average molecular weight is 467 g/mol. The van der Waals surface area contributed by atoms with Gasteiger partial charge in [0.05, 0.1) is 12.6 Å². The third-order valence-electron chi connectivity index (χ3n) is 6.28. The van der Waals surface area contributed by atoms with Gasteiger partial charge in [-0.25, -0.2) is 17.6 Å². The first-order chi connectivity index (χ1) is 15.3. The zero-order valence-corrected chi connectivity index (χ0v) is 18.6. The molecular weight excluding hydrogens is 440 g/mol. The fourth-order valence-electron chi connectivity index (χ4n) is 4.50. The van der Waals surface area contributed by atoms with E-state index in [4.69, 9.17) is 0 Å². The smallest absolute Gasteiger partial charge is 0.283 e. The van der Waals surface area contributed by atoms with E-state index in [1.807, 2.05) is 13.0 Å². The molecule has 0 unspecified atom stereocenters. The SMILES string of the molecule is CCSN[C@@H]1[C@H](Cc2cccc(-c3ccccc3)c2F)N(C(=O)[C@H]2C[C@H](F)C2)CC1(F)F. The summed E-state index contributed by atoms with van der Waals surface area (Å²) in [6, 6.07) is 11.7. The zero-order valence-electron chi connectivity index (χ0n) is 17.7. The fraction of sp³-hybridized carbons (Fsp3) is 0.458. The van der Waals surface area contributed by atoms with E-state index in [1.54, 1.807) is 42.5 Å². The van der Waals surface area contributed by atoms with Crippen LogP contribution in [-0.2, 0) is 11.2 Å². The Bertz CT molecular complexity index is 952. The van der Waals surface area contributed by atoms with Gasteiger partial charge in [0.1, 0.15) is 18.0 Å². The number of nitrogens with one attached hydrogen (secondary N) is 1. The number of likely N-dealkylation sites (tertiary alicyclic amines) is 1. The molecule has 2 aliphatic rings. The van der Waals surface area contributed by atoms with Crippen LogP contribution in [0.1, 0.15) is 25.3 Å². The van der Waals surface area contributed by atoms with E-state index in [0.29, 0.717) is 16.9 Å². The predicted octanol–water partition coefficient (Wildman–Crippen LogP) is 5.26. The number of amides is 1. The molecule has 1 saturated carbocycles. The molecule has 1 aliphatic heterocycles. The lowest BCUT2D eigenvalue weighted by molar-refractivity contribution is -0.142. The first-order valence-electron chi connectivity index (χ1n) is 10.8. The maximum absolute atomic E-state index is 15.4. The van der Waals surface area contributed by atoms with Gasteiger partial charge in [-0.3, -0.25) is 9.52 Å². The minimum Gasteiger partial charge on any atom is -0.331 e. The van der Waals surface area contributed by atoms with Crippen molar-refractivity contribution >= 4 is 17.9 Å². The molecule has 4 rings (SSSR count). The number of alkyl halides is 3. The van der Waals surface area contributed by atoms with Crippen LogP contribution in [0.3, 0.4) is 0 Å². The van der Waals surface area contributed by atoms with Crippen LogP contribution in [0.25, 0.3) is 11.1 Å². The van der Waals surface area contributed by atoms with Crippen molar-refractivity contribution in [1.29, 1.82) is 0 Å². The van der Waals surface area contributed by atoms with Crippen LogP contribution in [-0.4, -0.2) is 47.3 Å². The van der Waals surface area contributed by atoms with Crippen molar-refractivity contribution in [1.82, 2.24) is 9.62 Å². The Hall–Kier alpha value is -2.06. The van der Waals surface area contributed by atoms with Gasteiger partial charge in [-0.2, -0.15) is 0 Å². The second-order valence-corrected chi connectivity index (χ2v) is 9.54. The number of rotatable bonds is 7. The van der Waals surface area contributed by atoms with Crippen molar-refractivity contribution in [3.63, 3.8) is 0 Å². The molecule has 1 saturated heterocycles. The number of hydrogen-bond donors (Lipinski definition) is 1. The van der Waals surface area contributed by atoms with Gasteiger partial charge in [0, 0.05) is 17.2 Å². The summed E-state index contributed by atoms with van der Waals surface area (Å²) in [5, 5.41) is 0. The van der Waals surface area contributed by atoms with E-state index in [-0.39, 0.29) is 24.8 Å². The number of carbonyl (C=O) groups excluding carboxylic acids is 1. The molecule has 3 nitrogen and oxygen atoms in total. The van der Waals surface area contributed by atoms with Crippen molar-refractivity contribution < 1.29 is 22.4 Å². The number of hydrogen-bond acceptors (Lipinski definition) is 3. The van der Waals surface area contributed by atoms with Crippen LogP contribution in [0.2, 0.25) is 0 Å². The largest absolute Gasteiger partial charge is 0.331 e. The summed E-state index contributed by atoms with van der Waals surface area (Å²) >= 11 is 1.15. The maximum atomic E-state index is 15.4. The third-order valence-corrected chi connectivity index (χ3v) is 6.99. The number of halogens is 4. The van der Waals surface area contributed by atoms with Crippen LogP contribution in [0.5, 0.6) is 0 Å². The Labute approximate surface area is 189 Å². The minimum atomic E-state index is -3.17. The summed E-state index contributed by atoms with van der Waals surface area (Å²) < 4.78 is 61.5. The van der Waals surface area contributed by atoms with E-state index >= 15 is 4.39 Å². The van der Waals surface area contributed by atoms with Crippen molar-refractivity contribution in [2.45, 2.75) is 50.4 Å². The molecule has 0 bridgehead atoms. The summed E-state index contributed by atoms with van der Waals surface area (Å²) in [6.45, 7) is 1.09. The molecule has 32 heavy (non-hydrogen) atoms. The highest BCUT2D eigenvalue weighted by Gasteiger charge is 2.57.